The van der Waals surface area contributed by atoms with Gasteiger partial charge in [-0.05, 0) is 44.0 Å². The number of esters is 1. The average Bonchev–Trinajstić information content (AvgIpc) is 3.07. The molecule has 10 nitrogen and oxygen atoms in total. The summed E-state index contributed by atoms with van der Waals surface area (Å²) < 4.78 is 4.75. The van der Waals surface area contributed by atoms with Gasteiger partial charge in [0.2, 0.25) is 5.91 Å². The minimum Gasteiger partial charge on any atom is -0.465 e. The number of amides is 4. The van der Waals surface area contributed by atoms with Crippen LogP contribution in [-0.4, -0.2) is 78.6 Å². The first-order chi connectivity index (χ1) is 16.3. The third-order valence-electron chi connectivity index (χ3n) is 7.15. The van der Waals surface area contributed by atoms with Gasteiger partial charge in [-0.2, -0.15) is 5.01 Å². The highest BCUT2D eigenvalue weighted by atomic mass is 16.5. The van der Waals surface area contributed by atoms with Crippen molar-refractivity contribution >= 4 is 29.5 Å². The largest absolute Gasteiger partial charge is 0.465 e. The highest BCUT2D eigenvalue weighted by Crippen LogP contribution is 2.33. The zero-order valence-corrected chi connectivity index (χ0v) is 19.8. The molecule has 2 saturated heterocycles. The second-order valence-electron chi connectivity index (χ2n) is 9.37. The summed E-state index contributed by atoms with van der Waals surface area (Å²) >= 11 is 0. The van der Waals surface area contributed by atoms with Crippen molar-refractivity contribution in [3.05, 3.63) is 29.8 Å². The van der Waals surface area contributed by atoms with Gasteiger partial charge in [0.05, 0.1) is 12.7 Å². The molecule has 1 aromatic carbocycles. The molecule has 10 heteroatoms. The van der Waals surface area contributed by atoms with Crippen molar-refractivity contribution in [3.8, 4) is 0 Å². The van der Waals surface area contributed by atoms with Crippen LogP contribution in [0.25, 0.3) is 0 Å². The zero-order chi connectivity index (χ0) is 24.3. The number of nitrogens with zero attached hydrogens (tertiary/aromatic N) is 3. The van der Waals surface area contributed by atoms with Gasteiger partial charge in [-0.3, -0.25) is 19.9 Å². The number of carbonyl (C=O) groups excluding carboxylic acids is 4. The Morgan fingerprint density at radius 3 is 2.47 bits per heavy atom. The highest BCUT2D eigenvalue weighted by molar-refractivity contribution is 6.08. The van der Waals surface area contributed by atoms with Crippen molar-refractivity contribution in [3.63, 3.8) is 0 Å². The number of hydrazine groups is 1. The van der Waals surface area contributed by atoms with E-state index in [0.29, 0.717) is 24.9 Å². The highest BCUT2D eigenvalue weighted by Gasteiger charge is 2.52. The SMILES string of the molecule is COC(=O)c1ccc(N2CCN(CCC(=O)NN3C(=O)NC4(CCCCC4)C3=O)C(C)C2)cc1. The van der Waals surface area contributed by atoms with Gasteiger partial charge in [-0.15, -0.1) is 0 Å². The zero-order valence-electron chi connectivity index (χ0n) is 19.8. The third kappa shape index (κ3) is 4.86. The Labute approximate surface area is 199 Å². The van der Waals surface area contributed by atoms with Crippen LogP contribution in [0, 0.1) is 0 Å². The molecule has 3 aliphatic rings. The number of imide groups is 1. The Morgan fingerprint density at radius 1 is 1.12 bits per heavy atom. The predicted octanol–water partition coefficient (Wildman–Crippen LogP) is 1.66. The molecular formula is C24H33N5O5. The molecule has 1 aliphatic carbocycles. The maximum Gasteiger partial charge on any atom is 0.344 e. The van der Waals surface area contributed by atoms with Crippen LogP contribution in [0.5, 0.6) is 0 Å². The second-order valence-corrected chi connectivity index (χ2v) is 9.37. The molecule has 3 fully saturated rings. The van der Waals surface area contributed by atoms with Crippen molar-refractivity contribution in [2.45, 2.75) is 57.0 Å². The molecule has 1 spiro atoms. The van der Waals surface area contributed by atoms with Crippen molar-refractivity contribution < 1.29 is 23.9 Å². The van der Waals surface area contributed by atoms with Gasteiger partial charge in [0.15, 0.2) is 0 Å². The molecule has 34 heavy (non-hydrogen) atoms. The van der Waals surface area contributed by atoms with Gasteiger partial charge < -0.3 is 15.0 Å². The fourth-order valence-electron chi connectivity index (χ4n) is 5.13. The first kappa shape index (κ1) is 24.0. The molecule has 184 valence electrons. The lowest BCUT2D eigenvalue weighted by atomic mass is 9.82. The first-order valence-corrected chi connectivity index (χ1v) is 12.0. The number of methoxy groups -OCH3 is 1. The lowest BCUT2D eigenvalue weighted by Crippen LogP contribution is -2.53. The molecule has 1 atom stereocenters. The van der Waals surface area contributed by atoms with Gasteiger partial charge in [0.25, 0.3) is 5.91 Å². The van der Waals surface area contributed by atoms with E-state index in [-0.39, 0.29) is 30.2 Å². The van der Waals surface area contributed by atoms with Crippen molar-refractivity contribution in [1.29, 1.82) is 0 Å². The van der Waals surface area contributed by atoms with Crippen LogP contribution in [0.3, 0.4) is 0 Å². The van der Waals surface area contributed by atoms with Crippen LogP contribution in [0.1, 0.15) is 55.8 Å². The van der Waals surface area contributed by atoms with E-state index in [1.807, 2.05) is 12.1 Å². The summed E-state index contributed by atoms with van der Waals surface area (Å²) in [5.74, 6) is -1.04. The van der Waals surface area contributed by atoms with E-state index in [2.05, 4.69) is 27.5 Å². The quantitative estimate of drug-likeness (QED) is 0.479. The summed E-state index contributed by atoms with van der Waals surface area (Å²) in [5.41, 5.74) is 3.22. The van der Waals surface area contributed by atoms with E-state index in [1.165, 1.54) is 7.11 Å². The number of anilines is 1. The first-order valence-electron chi connectivity index (χ1n) is 12.0. The molecule has 1 aromatic rings. The Kier molecular flexibility index (Phi) is 7.06. The van der Waals surface area contributed by atoms with E-state index in [4.69, 9.17) is 4.74 Å². The number of ether oxygens (including phenoxy) is 1. The standard InChI is InChI=1S/C24H33N5O5/c1-17-16-28(19-8-6-18(7-9-19)21(31)34-2)15-14-27(17)13-10-20(30)26-29-22(32)24(25-23(29)33)11-4-3-5-12-24/h6-9,17H,3-5,10-16H2,1-2H3,(H,25,33)(H,26,30). The second kappa shape index (κ2) is 10.0. The molecule has 2 heterocycles. The van der Waals surface area contributed by atoms with Crippen LogP contribution in [-0.2, 0) is 14.3 Å². The van der Waals surface area contributed by atoms with E-state index < -0.39 is 11.6 Å². The minimum atomic E-state index is -0.845. The predicted molar refractivity (Wildman–Crippen MR) is 125 cm³/mol. The minimum absolute atomic E-state index is 0.197. The van der Waals surface area contributed by atoms with Crippen LogP contribution >= 0.6 is 0 Å². The van der Waals surface area contributed by atoms with Crippen LogP contribution in [0.4, 0.5) is 10.5 Å². The maximum absolute atomic E-state index is 12.8. The topological polar surface area (TPSA) is 111 Å². The molecule has 2 aliphatic heterocycles. The number of rotatable bonds is 6. The summed E-state index contributed by atoms with van der Waals surface area (Å²) in [6.45, 7) is 5.00. The average molecular weight is 472 g/mol. The number of carbonyl (C=O) groups is 4. The molecule has 0 aromatic heterocycles. The van der Waals surface area contributed by atoms with Gasteiger partial charge >= 0.3 is 12.0 Å². The van der Waals surface area contributed by atoms with Crippen LogP contribution < -0.4 is 15.6 Å². The Bertz CT molecular complexity index is 944. The molecular weight excluding hydrogens is 438 g/mol. The van der Waals surface area contributed by atoms with Crippen LogP contribution in [0.15, 0.2) is 24.3 Å². The summed E-state index contributed by atoms with van der Waals surface area (Å²) in [7, 11) is 1.36. The Hall–Kier alpha value is -3.14. The number of nitrogens with one attached hydrogen (secondary N) is 2. The fraction of sp³-hybridized carbons (Fsp3) is 0.583. The summed E-state index contributed by atoms with van der Waals surface area (Å²) in [6, 6.07) is 7.02. The monoisotopic (exact) mass is 471 g/mol. The van der Waals surface area contributed by atoms with E-state index in [1.54, 1.807) is 12.1 Å². The van der Waals surface area contributed by atoms with Crippen molar-refractivity contribution in [1.82, 2.24) is 20.7 Å². The van der Waals surface area contributed by atoms with Gasteiger partial charge in [0.1, 0.15) is 5.54 Å². The summed E-state index contributed by atoms with van der Waals surface area (Å²) in [6.07, 6.45) is 4.29. The molecule has 2 N–H and O–H groups in total. The molecule has 4 amide bonds. The molecule has 0 bridgehead atoms. The molecule has 1 saturated carbocycles. The molecule has 0 radical (unpaired) electrons. The van der Waals surface area contributed by atoms with Gasteiger partial charge in [0, 0.05) is 44.3 Å². The normalized spacial score (nSPS) is 22.6. The van der Waals surface area contributed by atoms with E-state index in [9.17, 15) is 19.2 Å². The summed E-state index contributed by atoms with van der Waals surface area (Å²) in [5, 5.41) is 3.67. The van der Waals surface area contributed by atoms with Crippen molar-refractivity contribution in [2.75, 3.05) is 38.2 Å². The number of urea groups is 1. The number of piperazine rings is 1. The smallest absolute Gasteiger partial charge is 0.344 e. The van der Waals surface area contributed by atoms with E-state index >= 15 is 0 Å². The number of hydrogen-bond donors (Lipinski definition) is 2. The van der Waals surface area contributed by atoms with Gasteiger partial charge in [-0.25, -0.2) is 9.59 Å². The maximum atomic E-state index is 12.8. The van der Waals surface area contributed by atoms with Crippen LogP contribution in [0.2, 0.25) is 0 Å². The molecule has 4 rings (SSSR count). The fourth-order valence-corrected chi connectivity index (χ4v) is 5.13. The Morgan fingerprint density at radius 2 is 1.82 bits per heavy atom. The Balaban J connectivity index is 1.25. The lowest BCUT2D eigenvalue weighted by molar-refractivity contribution is -0.140. The molecule has 1 unspecified atom stereocenters. The number of hydrogen-bond acceptors (Lipinski definition) is 7. The summed E-state index contributed by atoms with van der Waals surface area (Å²) in [4.78, 5) is 53.8. The van der Waals surface area contributed by atoms with Crippen molar-refractivity contribution in [2.24, 2.45) is 0 Å². The lowest BCUT2D eigenvalue weighted by Gasteiger charge is -2.41. The third-order valence-corrected chi connectivity index (χ3v) is 7.15. The van der Waals surface area contributed by atoms with Gasteiger partial charge in [-0.1, -0.05) is 19.3 Å². The number of benzene rings is 1. The van der Waals surface area contributed by atoms with E-state index in [0.717, 1.165) is 49.6 Å².